The van der Waals surface area contributed by atoms with E-state index in [0.717, 1.165) is 10.4 Å². The molecule has 0 spiro atoms. The smallest absolute Gasteiger partial charge is 0.358 e. The van der Waals surface area contributed by atoms with Crippen LogP contribution in [0.25, 0.3) is 10.2 Å². The van der Waals surface area contributed by atoms with Gasteiger partial charge in [-0.25, -0.2) is 9.78 Å². The van der Waals surface area contributed by atoms with E-state index >= 15 is 0 Å². The summed E-state index contributed by atoms with van der Waals surface area (Å²) >= 11 is 1.48. The molecule has 0 amide bonds. The minimum absolute atomic E-state index is 0.0936. The van der Waals surface area contributed by atoms with Gasteiger partial charge in [-0.15, -0.1) is 11.3 Å². The van der Waals surface area contributed by atoms with E-state index < -0.39 is 5.97 Å². The van der Waals surface area contributed by atoms with Crippen LogP contribution >= 0.6 is 11.3 Å². The lowest BCUT2D eigenvalue weighted by molar-refractivity contribution is 0.0685. The molecule has 0 fully saturated rings. The second-order valence-electron chi connectivity index (χ2n) is 4.62. The zero-order valence-corrected chi connectivity index (χ0v) is 12.1. The summed E-state index contributed by atoms with van der Waals surface area (Å²) in [5, 5.41) is 12.8. The van der Waals surface area contributed by atoms with Crippen molar-refractivity contribution < 1.29 is 14.4 Å². The molecule has 3 heterocycles. The Bertz CT molecular complexity index is 906. The van der Waals surface area contributed by atoms with E-state index in [9.17, 15) is 9.59 Å². The first-order valence-corrected chi connectivity index (χ1v) is 6.93. The third-order valence-corrected chi connectivity index (χ3v) is 4.38. The molecule has 0 aliphatic carbocycles. The Balaban J connectivity index is 2.04. The summed E-state index contributed by atoms with van der Waals surface area (Å²) in [6, 6.07) is 1.30. The van der Waals surface area contributed by atoms with Gasteiger partial charge in [0.25, 0.3) is 5.56 Å². The molecule has 7 nitrogen and oxygen atoms in total. The van der Waals surface area contributed by atoms with Crippen LogP contribution in [0.3, 0.4) is 0 Å². The molecule has 1 N–H and O–H groups in total. The lowest BCUT2D eigenvalue weighted by atomic mass is 10.2. The van der Waals surface area contributed by atoms with Gasteiger partial charge in [-0.05, 0) is 19.4 Å². The minimum atomic E-state index is -1.17. The average molecular weight is 305 g/mol. The highest BCUT2D eigenvalue weighted by Gasteiger charge is 2.15. The normalized spacial score (nSPS) is 11.1. The maximum absolute atomic E-state index is 12.5. The number of rotatable bonds is 3. The van der Waals surface area contributed by atoms with Crippen molar-refractivity contribution in [1.29, 1.82) is 0 Å². The van der Waals surface area contributed by atoms with E-state index in [1.165, 1.54) is 28.3 Å². The fraction of sp³-hybridized carbons (Fsp3) is 0.231. The third-order valence-electron chi connectivity index (χ3n) is 3.26. The van der Waals surface area contributed by atoms with Gasteiger partial charge in [0.05, 0.1) is 18.3 Å². The first-order chi connectivity index (χ1) is 9.97. The molecular formula is C13H11N3O4S. The standard InChI is InChI=1S/C13H11N3O4S/c1-6-7(2)21-11-10(6)12(17)16(5-14-11)4-8-3-9(13(18)19)15-20-8/h3,5H,4H2,1-2H3,(H,18,19). The molecule has 0 atom stereocenters. The zero-order valence-electron chi connectivity index (χ0n) is 11.3. The summed E-state index contributed by atoms with van der Waals surface area (Å²) in [6.45, 7) is 3.93. The van der Waals surface area contributed by atoms with Gasteiger partial charge in [0, 0.05) is 10.9 Å². The topological polar surface area (TPSA) is 98.2 Å². The van der Waals surface area contributed by atoms with Crippen LogP contribution in [0.15, 0.2) is 21.7 Å². The molecular weight excluding hydrogens is 294 g/mol. The van der Waals surface area contributed by atoms with Crippen LogP contribution in [-0.4, -0.2) is 25.8 Å². The maximum atomic E-state index is 12.5. The molecule has 0 aliphatic rings. The molecule has 0 bridgehead atoms. The van der Waals surface area contributed by atoms with Crippen molar-refractivity contribution in [2.24, 2.45) is 0 Å². The Morgan fingerprint density at radius 3 is 2.90 bits per heavy atom. The monoisotopic (exact) mass is 305 g/mol. The van der Waals surface area contributed by atoms with Crippen molar-refractivity contribution >= 4 is 27.5 Å². The van der Waals surface area contributed by atoms with Gasteiger partial charge >= 0.3 is 5.97 Å². The molecule has 0 unspecified atom stereocenters. The highest BCUT2D eigenvalue weighted by atomic mass is 32.1. The summed E-state index contributed by atoms with van der Waals surface area (Å²) < 4.78 is 6.30. The highest BCUT2D eigenvalue weighted by molar-refractivity contribution is 7.18. The Hall–Kier alpha value is -2.48. The molecule has 8 heteroatoms. The molecule has 21 heavy (non-hydrogen) atoms. The second kappa shape index (κ2) is 4.81. The predicted octanol–water partition coefficient (Wildman–Crippen LogP) is 1.81. The van der Waals surface area contributed by atoms with Crippen LogP contribution in [-0.2, 0) is 6.54 Å². The van der Waals surface area contributed by atoms with Crippen molar-refractivity contribution in [2.45, 2.75) is 20.4 Å². The van der Waals surface area contributed by atoms with Crippen LogP contribution in [0.5, 0.6) is 0 Å². The Morgan fingerprint density at radius 2 is 2.24 bits per heavy atom. The lowest BCUT2D eigenvalue weighted by Gasteiger charge is -2.02. The van der Waals surface area contributed by atoms with Crippen LogP contribution < -0.4 is 5.56 Å². The van der Waals surface area contributed by atoms with E-state index in [1.807, 2.05) is 13.8 Å². The highest BCUT2D eigenvalue weighted by Crippen LogP contribution is 2.25. The van der Waals surface area contributed by atoms with Crippen molar-refractivity contribution in [3.05, 3.63) is 44.6 Å². The molecule has 0 saturated heterocycles. The molecule has 3 aromatic rings. The predicted molar refractivity (Wildman–Crippen MR) is 75.9 cm³/mol. The second-order valence-corrected chi connectivity index (χ2v) is 5.83. The molecule has 3 rings (SSSR count). The van der Waals surface area contributed by atoms with Crippen LogP contribution in [0.2, 0.25) is 0 Å². The Labute approximate surface area is 122 Å². The Morgan fingerprint density at radius 1 is 1.48 bits per heavy atom. The summed E-state index contributed by atoms with van der Waals surface area (Å²) in [4.78, 5) is 29.2. The molecule has 0 radical (unpaired) electrons. The quantitative estimate of drug-likeness (QED) is 0.792. The number of aryl methyl sites for hydroxylation is 2. The number of thiophene rings is 1. The number of carboxylic acid groups (broad SMARTS) is 1. The van der Waals surface area contributed by atoms with Gasteiger partial charge in [0.1, 0.15) is 4.83 Å². The number of nitrogens with zero attached hydrogens (tertiary/aromatic N) is 3. The van der Waals surface area contributed by atoms with Gasteiger partial charge in [0.15, 0.2) is 11.5 Å². The van der Waals surface area contributed by atoms with Crippen LogP contribution in [0.4, 0.5) is 0 Å². The van der Waals surface area contributed by atoms with Crippen molar-refractivity contribution in [1.82, 2.24) is 14.7 Å². The average Bonchev–Trinajstić information content (AvgIpc) is 3.00. The van der Waals surface area contributed by atoms with Crippen molar-refractivity contribution in [3.63, 3.8) is 0 Å². The van der Waals surface area contributed by atoms with E-state index in [2.05, 4.69) is 10.1 Å². The van der Waals surface area contributed by atoms with Gasteiger partial charge in [-0.2, -0.15) is 0 Å². The number of hydrogen-bond donors (Lipinski definition) is 1. The molecule has 0 saturated carbocycles. The first-order valence-electron chi connectivity index (χ1n) is 6.11. The van der Waals surface area contributed by atoms with E-state index in [1.54, 1.807) is 0 Å². The third kappa shape index (κ3) is 2.23. The number of fused-ring (bicyclic) bond motifs is 1. The molecule has 108 valence electrons. The van der Waals surface area contributed by atoms with E-state index in [4.69, 9.17) is 9.63 Å². The maximum Gasteiger partial charge on any atom is 0.358 e. The van der Waals surface area contributed by atoms with Gasteiger partial charge in [-0.1, -0.05) is 5.16 Å². The summed E-state index contributed by atoms with van der Waals surface area (Å²) in [5.74, 6) is -0.879. The zero-order chi connectivity index (χ0) is 15.1. The van der Waals surface area contributed by atoms with Crippen LogP contribution in [0.1, 0.15) is 26.7 Å². The SMILES string of the molecule is Cc1sc2ncn(Cc3cc(C(=O)O)no3)c(=O)c2c1C. The first kappa shape index (κ1) is 13.5. The summed E-state index contributed by atoms with van der Waals surface area (Å²) in [5.41, 5.74) is 0.565. The number of aromatic nitrogens is 3. The van der Waals surface area contributed by atoms with Crippen LogP contribution in [0, 0.1) is 13.8 Å². The lowest BCUT2D eigenvalue weighted by Crippen LogP contribution is -2.20. The summed E-state index contributed by atoms with van der Waals surface area (Å²) in [7, 11) is 0. The van der Waals surface area contributed by atoms with Crippen molar-refractivity contribution in [3.8, 4) is 0 Å². The fourth-order valence-electron chi connectivity index (χ4n) is 2.04. The van der Waals surface area contributed by atoms with Gasteiger partial charge in [-0.3, -0.25) is 9.36 Å². The fourth-order valence-corrected chi connectivity index (χ4v) is 3.03. The van der Waals surface area contributed by atoms with Gasteiger partial charge in [0.2, 0.25) is 0 Å². The number of carboxylic acids is 1. The van der Waals surface area contributed by atoms with E-state index in [-0.39, 0.29) is 17.8 Å². The van der Waals surface area contributed by atoms with Gasteiger partial charge < -0.3 is 9.63 Å². The molecule has 3 aromatic heterocycles. The number of hydrogen-bond acceptors (Lipinski definition) is 6. The number of carbonyl (C=O) groups is 1. The molecule has 0 aliphatic heterocycles. The van der Waals surface area contributed by atoms with E-state index in [0.29, 0.717) is 16.0 Å². The minimum Gasteiger partial charge on any atom is -0.476 e. The van der Waals surface area contributed by atoms with Crippen molar-refractivity contribution in [2.75, 3.05) is 0 Å². The molecule has 0 aromatic carbocycles. The largest absolute Gasteiger partial charge is 0.476 e. The number of aromatic carboxylic acids is 1. The summed E-state index contributed by atoms with van der Waals surface area (Å²) in [6.07, 6.45) is 1.43. The Kier molecular flexibility index (Phi) is 3.09.